The predicted molar refractivity (Wildman–Crippen MR) is 125 cm³/mol. The summed E-state index contributed by atoms with van der Waals surface area (Å²) in [5.74, 6) is 2.49. The lowest BCUT2D eigenvalue weighted by Crippen LogP contribution is -2.43. The number of aromatic nitrogens is 1. The number of ether oxygens (including phenoxy) is 1. The van der Waals surface area contributed by atoms with Gasteiger partial charge in [-0.3, -0.25) is 0 Å². The molecule has 0 atom stereocenters. The number of nitrogens with one attached hydrogen (secondary N) is 1. The molecular weight excluding hydrogens is 417 g/mol. The summed E-state index contributed by atoms with van der Waals surface area (Å²) in [7, 11) is 0. The van der Waals surface area contributed by atoms with Crippen molar-refractivity contribution in [2.24, 2.45) is 0 Å². The summed E-state index contributed by atoms with van der Waals surface area (Å²) in [6.07, 6.45) is 3.82. The Labute approximate surface area is 187 Å². The number of aryl methyl sites for hydroxylation is 1. The van der Waals surface area contributed by atoms with Crippen LogP contribution in [0.4, 0.5) is 5.82 Å². The zero-order valence-corrected chi connectivity index (χ0v) is 18.5. The molecule has 1 N–H and O–H groups in total. The highest BCUT2D eigenvalue weighted by molar-refractivity contribution is 6.35. The largest absolute Gasteiger partial charge is 0.456 e. The Morgan fingerprint density at radius 2 is 1.67 bits per heavy atom. The highest BCUT2D eigenvalue weighted by Crippen LogP contribution is 2.33. The number of hydrogen-bond acceptors (Lipinski definition) is 4. The van der Waals surface area contributed by atoms with Crippen molar-refractivity contribution in [3.05, 3.63) is 70.3 Å². The van der Waals surface area contributed by atoms with Crippen LogP contribution in [0.3, 0.4) is 0 Å². The van der Waals surface area contributed by atoms with E-state index in [1.54, 1.807) is 12.3 Å². The Kier molecular flexibility index (Phi) is 6.78. The van der Waals surface area contributed by atoms with Crippen molar-refractivity contribution >= 4 is 29.0 Å². The maximum atomic E-state index is 6.22. The van der Waals surface area contributed by atoms with E-state index >= 15 is 0 Å². The van der Waals surface area contributed by atoms with Gasteiger partial charge in [0.15, 0.2) is 0 Å². The number of pyridine rings is 1. The molecule has 0 unspecified atom stereocenters. The standard InChI is InChI=1S/C24H25Cl2N3O/c1-2-3-17-10-18(19-12-20(25)15-21(26)13-19)14-23(11-17)30-22-4-5-24(28-16-22)29-8-6-27-7-9-29/h4-5,10-16,27H,2-3,6-9H2,1H3. The molecule has 1 fully saturated rings. The van der Waals surface area contributed by atoms with Gasteiger partial charge in [-0.1, -0.05) is 42.6 Å². The molecule has 1 aromatic heterocycles. The Balaban J connectivity index is 1.59. The van der Waals surface area contributed by atoms with Gasteiger partial charge in [-0.2, -0.15) is 0 Å². The van der Waals surface area contributed by atoms with Crippen molar-refractivity contribution in [1.29, 1.82) is 0 Å². The monoisotopic (exact) mass is 441 g/mol. The molecule has 4 nitrogen and oxygen atoms in total. The zero-order chi connectivity index (χ0) is 20.9. The van der Waals surface area contributed by atoms with Gasteiger partial charge >= 0.3 is 0 Å². The molecule has 1 saturated heterocycles. The molecule has 2 heterocycles. The molecular formula is C24H25Cl2N3O. The summed E-state index contributed by atoms with van der Waals surface area (Å²) in [6, 6.07) is 15.9. The first-order valence-electron chi connectivity index (χ1n) is 10.3. The SMILES string of the molecule is CCCc1cc(Oc2ccc(N3CCNCC3)nc2)cc(-c2cc(Cl)cc(Cl)c2)c1. The van der Waals surface area contributed by atoms with Crippen molar-refractivity contribution < 1.29 is 4.74 Å². The van der Waals surface area contributed by atoms with Crippen LogP contribution in [0.25, 0.3) is 11.1 Å². The van der Waals surface area contributed by atoms with E-state index in [1.165, 1.54) is 5.56 Å². The third kappa shape index (κ3) is 5.25. The predicted octanol–water partition coefficient (Wildman–Crippen LogP) is 6.21. The fraction of sp³-hybridized carbons (Fsp3) is 0.292. The van der Waals surface area contributed by atoms with Crippen LogP contribution in [0, 0.1) is 0 Å². The number of halogens is 2. The third-order valence-electron chi connectivity index (χ3n) is 5.10. The quantitative estimate of drug-likeness (QED) is 0.493. The summed E-state index contributed by atoms with van der Waals surface area (Å²) in [6.45, 7) is 6.08. The van der Waals surface area contributed by atoms with E-state index in [0.717, 1.165) is 67.5 Å². The van der Waals surface area contributed by atoms with Crippen LogP contribution in [0.5, 0.6) is 11.5 Å². The lowest BCUT2D eigenvalue weighted by atomic mass is 10.0. The van der Waals surface area contributed by atoms with E-state index in [9.17, 15) is 0 Å². The van der Waals surface area contributed by atoms with Crippen LogP contribution in [-0.2, 0) is 6.42 Å². The van der Waals surface area contributed by atoms with Crippen molar-refractivity contribution in [1.82, 2.24) is 10.3 Å². The minimum atomic E-state index is 0.619. The van der Waals surface area contributed by atoms with E-state index < -0.39 is 0 Å². The number of piperazine rings is 1. The lowest BCUT2D eigenvalue weighted by molar-refractivity contribution is 0.479. The Morgan fingerprint density at radius 1 is 0.933 bits per heavy atom. The van der Waals surface area contributed by atoms with Gasteiger partial charge in [-0.25, -0.2) is 4.98 Å². The minimum Gasteiger partial charge on any atom is -0.456 e. The molecule has 1 aliphatic heterocycles. The normalized spacial score (nSPS) is 14.0. The second-order valence-electron chi connectivity index (χ2n) is 7.46. The first kappa shape index (κ1) is 21.0. The molecule has 0 radical (unpaired) electrons. The average Bonchev–Trinajstić information content (AvgIpc) is 2.74. The molecule has 2 aromatic carbocycles. The highest BCUT2D eigenvalue weighted by Gasteiger charge is 2.12. The van der Waals surface area contributed by atoms with E-state index in [2.05, 4.69) is 34.3 Å². The first-order chi connectivity index (χ1) is 14.6. The van der Waals surface area contributed by atoms with Gasteiger partial charge in [0, 0.05) is 36.2 Å². The summed E-state index contributed by atoms with van der Waals surface area (Å²) < 4.78 is 6.17. The van der Waals surface area contributed by atoms with Gasteiger partial charge in [0.05, 0.1) is 6.20 Å². The summed E-state index contributed by atoms with van der Waals surface area (Å²) in [5.41, 5.74) is 3.22. The van der Waals surface area contributed by atoms with Gasteiger partial charge in [0.2, 0.25) is 0 Å². The highest BCUT2D eigenvalue weighted by atomic mass is 35.5. The van der Waals surface area contributed by atoms with Gasteiger partial charge in [0.25, 0.3) is 0 Å². The topological polar surface area (TPSA) is 37.4 Å². The smallest absolute Gasteiger partial charge is 0.145 e. The van der Waals surface area contributed by atoms with Crippen molar-refractivity contribution in [3.8, 4) is 22.6 Å². The summed E-state index contributed by atoms with van der Waals surface area (Å²) in [4.78, 5) is 6.88. The third-order valence-corrected chi connectivity index (χ3v) is 5.53. The molecule has 0 amide bonds. The number of benzene rings is 2. The maximum absolute atomic E-state index is 6.22. The van der Waals surface area contributed by atoms with Crippen LogP contribution >= 0.6 is 23.2 Å². The van der Waals surface area contributed by atoms with Crippen LogP contribution in [0.15, 0.2) is 54.7 Å². The van der Waals surface area contributed by atoms with E-state index in [-0.39, 0.29) is 0 Å². The lowest BCUT2D eigenvalue weighted by Gasteiger charge is -2.28. The molecule has 1 aliphatic rings. The van der Waals surface area contributed by atoms with Crippen molar-refractivity contribution in [3.63, 3.8) is 0 Å². The number of nitrogens with zero attached hydrogens (tertiary/aromatic N) is 2. The minimum absolute atomic E-state index is 0.619. The van der Waals surface area contributed by atoms with Crippen LogP contribution in [0.1, 0.15) is 18.9 Å². The Hall–Kier alpha value is -2.27. The molecule has 0 spiro atoms. The van der Waals surface area contributed by atoms with Gasteiger partial charge in [-0.15, -0.1) is 0 Å². The Bertz CT molecular complexity index is 982. The molecule has 4 rings (SSSR count). The summed E-state index contributed by atoms with van der Waals surface area (Å²) >= 11 is 12.4. The summed E-state index contributed by atoms with van der Waals surface area (Å²) in [5, 5.41) is 4.60. The molecule has 0 saturated carbocycles. The molecule has 0 aliphatic carbocycles. The van der Waals surface area contributed by atoms with Crippen LogP contribution < -0.4 is 15.0 Å². The maximum Gasteiger partial charge on any atom is 0.145 e. The van der Waals surface area contributed by atoms with Gasteiger partial charge in [-0.05, 0) is 65.6 Å². The second kappa shape index (κ2) is 9.69. The fourth-order valence-electron chi connectivity index (χ4n) is 3.69. The fourth-order valence-corrected chi connectivity index (χ4v) is 4.22. The second-order valence-corrected chi connectivity index (χ2v) is 8.34. The molecule has 3 aromatic rings. The Morgan fingerprint density at radius 3 is 2.33 bits per heavy atom. The molecule has 30 heavy (non-hydrogen) atoms. The van der Waals surface area contributed by atoms with Gasteiger partial charge in [0.1, 0.15) is 17.3 Å². The molecule has 0 bridgehead atoms. The zero-order valence-electron chi connectivity index (χ0n) is 17.0. The van der Waals surface area contributed by atoms with Crippen molar-refractivity contribution in [2.75, 3.05) is 31.1 Å². The van der Waals surface area contributed by atoms with E-state index in [0.29, 0.717) is 10.0 Å². The molecule has 6 heteroatoms. The average molecular weight is 442 g/mol. The van der Waals surface area contributed by atoms with Gasteiger partial charge < -0.3 is 15.0 Å². The van der Waals surface area contributed by atoms with Crippen LogP contribution in [-0.4, -0.2) is 31.2 Å². The number of rotatable bonds is 6. The van der Waals surface area contributed by atoms with E-state index in [1.807, 2.05) is 30.3 Å². The molecule has 156 valence electrons. The first-order valence-corrected chi connectivity index (χ1v) is 11.1. The van der Waals surface area contributed by atoms with Crippen molar-refractivity contribution in [2.45, 2.75) is 19.8 Å². The van der Waals surface area contributed by atoms with Crippen LogP contribution in [0.2, 0.25) is 10.0 Å². The number of anilines is 1. The van der Waals surface area contributed by atoms with E-state index in [4.69, 9.17) is 27.9 Å². The number of hydrogen-bond donors (Lipinski definition) is 1.